The van der Waals surface area contributed by atoms with Crippen LogP contribution in [0.15, 0.2) is 4.79 Å². The molecule has 1 aliphatic rings. The van der Waals surface area contributed by atoms with Crippen LogP contribution in [0.5, 0.6) is 0 Å². The first-order valence-electron chi connectivity index (χ1n) is 5.18. The van der Waals surface area contributed by atoms with E-state index in [4.69, 9.17) is 11.6 Å². The Hall–Kier alpha value is -1.63. The first kappa shape index (κ1) is 10.5. The van der Waals surface area contributed by atoms with Gasteiger partial charge in [-0.1, -0.05) is 0 Å². The van der Waals surface area contributed by atoms with Gasteiger partial charge in [0.1, 0.15) is 11.7 Å². The molecule has 0 spiro atoms. The normalized spacial score (nSPS) is 20.4. The lowest BCUT2D eigenvalue weighted by Crippen LogP contribution is -2.21. The number of H-pyrrole nitrogens is 2. The van der Waals surface area contributed by atoms with E-state index in [0.717, 1.165) is 0 Å². The highest BCUT2D eigenvalue weighted by molar-refractivity contribution is 6.28. The molecule has 0 unspecified atom stereocenters. The highest BCUT2D eigenvalue weighted by Crippen LogP contribution is 2.26. The number of nitrogens with one attached hydrogen (secondary N) is 2. The number of aromatic nitrogens is 4. The van der Waals surface area contributed by atoms with Crippen molar-refractivity contribution in [3.05, 3.63) is 15.8 Å². The second kappa shape index (κ2) is 3.69. The fourth-order valence-electron chi connectivity index (χ4n) is 2.02. The lowest BCUT2D eigenvalue weighted by atomic mass is 10.3. The number of nitrogens with zero attached hydrogens (tertiary/aromatic N) is 3. The molecule has 0 saturated carbocycles. The molecule has 0 radical (unpaired) electrons. The van der Waals surface area contributed by atoms with Crippen molar-refractivity contribution in [1.82, 2.24) is 19.9 Å². The van der Waals surface area contributed by atoms with Crippen LogP contribution in [-0.2, 0) is 0 Å². The molecule has 3 heterocycles. The number of alkyl halides is 1. The maximum absolute atomic E-state index is 13.2. The Balaban J connectivity index is 2.17. The van der Waals surface area contributed by atoms with Crippen LogP contribution in [0.3, 0.4) is 0 Å². The summed E-state index contributed by atoms with van der Waals surface area (Å²) in [6.07, 6.45) is -0.415. The van der Waals surface area contributed by atoms with E-state index < -0.39 is 6.17 Å². The monoisotopic (exact) mass is 257 g/mol. The third-order valence-electron chi connectivity index (χ3n) is 2.76. The van der Waals surface area contributed by atoms with Gasteiger partial charge in [-0.05, 0) is 18.0 Å². The molecule has 2 N–H and O–H groups in total. The van der Waals surface area contributed by atoms with E-state index in [1.54, 1.807) is 4.90 Å². The lowest BCUT2D eigenvalue weighted by molar-refractivity contribution is 0.364. The van der Waals surface area contributed by atoms with Gasteiger partial charge in [0.05, 0.1) is 6.54 Å². The Labute approximate surface area is 99.8 Å². The number of hydrogen-bond acceptors (Lipinski definition) is 4. The number of hydrogen-bond donors (Lipinski definition) is 2. The van der Waals surface area contributed by atoms with Crippen molar-refractivity contribution in [1.29, 1.82) is 0 Å². The molecule has 0 aliphatic carbocycles. The van der Waals surface area contributed by atoms with Gasteiger partial charge >= 0.3 is 5.69 Å². The summed E-state index contributed by atoms with van der Waals surface area (Å²) in [6.45, 7) is 0.812. The van der Waals surface area contributed by atoms with Crippen LogP contribution in [-0.4, -0.2) is 39.2 Å². The minimum atomic E-state index is -0.871. The van der Waals surface area contributed by atoms with Gasteiger partial charge in [0, 0.05) is 6.54 Å². The van der Waals surface area contributed by atoms with E-state index in [1.165, 1.54) is 0 Å². The van der Waals surface area contributed by atoms with Crippen molar-refractivity contribution in [2.24, 2.45) is 0 Å². The molecule has 17 heavy (non-hydrogen) atoms. The van der Waals surface area contributed by atoms with E-state index in [1.807, 2.05) is 0 Å². The van der Waals surface area contributed by atoms with Gasteiger partial charge in [-0.15, -0.1) is 0 Å². The van der Waals surface area contributed by atoms with Crippen molar-refractivity contribution >= 4 is 28.6 Å². The summed E-state index contributed by atoms with van der Waals surface area (Å²) in [5.41, 5.74) is 0.426. The minimum absolute atomic E-state index is 0.0325. The second-order valence-corrected chi connectivity index (χ2v) is 4.29. The fraction of sp³-hybridized carbons (Fsp3) is 0.444. The van der Waals surface area contributed by atoms with Crippen LogP contribution in [0, 0.1) is 0 Å². The Morgan fingerprint density at radius 3 is 2.94 bits per heavy atom. The van der Waals surface area contributed by atoms with Crippen molar-refractivity contribution in [2.75, 3.05) is 18.0 Å². The number of anilines is 1. The molecule has 1 atom stereocenters. The Kier molecular flexibility index (Phi) is 2.29. The second-order valence-electron chi connectivity index (χ2n) is 3.95. The van der Waals surface area contributed by atoms with E-state index in [2.05, 4.69) is 19.9 Å². The van der Waals surface area contributed by atoms with Gasteiger partial charge in [-0.3, -0.25) is 4.98 Å². The molecule has 2 aromatic heterocycles. The molecule has 8 heteroatoms. The van der Waals surface area contributed by atoms with E-state index in [9.17, 15) is 9.18 Å². The van der Waals surface area contributed by atoms with Crippen LogP contribution in [0.4, 0.5) is 10.2 Å². The van der Waals surface area contributed by atoms with Gasteiger partial charge in [0.2, 0.25) is 5.28 Å². The zero-order valence-corrected chi connectivity index (χ0v) is 9.46. The maximum atomic E-state index is 13.2. The van der Waals surface area contributed by atoms with Crippen LogP contribution < -0.4 is 10.6 Å². The molecule has 6 nitrogen and oxygen atoms in total. The quantitative estimate of drug-likeness (QED) is 0.743. The minimum Gasteiger partial charge on any atom is -0.352 e. The van der Waals surface area contributed by atoms with Crippen molar-refractivity contribution in [2.45, 2.75) is 12.6 Å². The summed E-state index contributed by atoms with van der Waals surface area (Å²) in [5, 5.41) is 0.0325. The Bertz CT molecular complexity index is 623. The number of fused-ring (bicyclic) bond motifs is 1. The SMILES string of the molecule is O=c1[nH]c2nc(Cl)nc(N3CC[C@@H](F)C3)c2[nH]1. The highest BCUT2D eigenvalue weighted by atomic mass is 35.5. The molecule has 0 aromatic carbocycles. The van der Waals surface area contributed by atoms with Crippen molar-refractivity contribution < 1.29 is 4.39 Å². The van der Waals surface area contributed by atoms with Crippen molar-refractivity contribution in [3.8, 4) is 0 Å². The van der Waals surface area contributed by atoms with Crippen molar-refractivity contribution in [3.63, 3.8) is 0 Å². The average Bonchev–Trinajstić information content (AvgIpc) is 2.82. The summed E-state index contributed by atoms with van der Waals surface area (Å²) in [5.74, 6) is 0.471. The number of rotatable bonds is 1. The summed E-state index contributed by atoms with van der Waals surface area (Å²) in [6, 6.07) is 0. The molecular weight excluding hydrogens is 249 g/mol. The Morgan fingerprint density at radius 2 is 2.24 bits per heavy atom. The predicted octanol–water partition coefficient (Wildman–Crippen LogP) is 0.848. The van der Waals surface area contributed by atoms with Gasteiger partial charge in [-0.25, -0.2) is 9.18 Å². The zero-order valence-electron chi connectivity index (χ0n) is 8.70. The first-order valence-corrected chi connectivity index (χ1v) is 5.56. The van der Waals surface area contributed by atoms with Gasteiger partial charge < -0.3 is 9.88 Å². The molecule has 1 saturated heterocycles. The molecule has 2 aromatic rings. The fourth-order valence-corrected chi connectivity index (χ4v) is 2.18. The third kappa shape index (κ3) is 1.76. The molecule has 0 amide bonds. The number of imidazole rings is 1. The largest absolute Gasteiger partial charge is 0.352 e. The molecule has 90 valence electrons. The molecule has 1 aliphatic heterocycles. The van der Waals surface area contributed by atoms with Crippen LogP contribution in [0.25, 0.3) is 11.2 Å². The molecule has 0 bridgehead atoms. The standard InChI is InChI=1S/C9H9ClFN5O/c10-8-13-6-5(12-9(17)14-6)7(15-8)16-2-1-4(11)3-16/h4H,1-3H2,(H2,12,13,14,15,17)/t4-/m1/s1. The summed E-state index contributed by atoms with van der Waals surface area (Å²) < 4.78 is 13.2. The number of aromatic amines is 2. The zero-order chi connectivity index (χ0) is 12.0. The van der Waals surface area contributed by atoms with Crippen LogP contribution >= 0.6 is 11.6 Å². The maximum Gasteiger partial charge on any atom is 0.325 e. The van der Waals surface area contributed by atoms with Crippen LogP contribution in [0.2, 0.25) is 5.28 Å². The van der Waals surface area contributed by atoms with Gasteiger partial charge in [0.15, 0.2) is 11.5 Å². The molecular formula is C9H9ClFN5O. The van der Waals surface area contributed by atoms with E-state index in [0.29, 0.717) is 29.9 Å². The first-order chi connectivity index (χ1) is 8.13. The third-order valence-corrected chi connectivity index (χ3v) is 2.93. The predicted molar refractivity (Wildman–Crippen MR) is 61.2 cm³/mol. The highest BCUT2D eigenvalue weighted by Gasteiger charge is 2.25. The summed E-state index contributed by atoms with van der Waals surface area (Å²) in [4.78, 5) is 26.0. The average molecular weight is 258 g/mol. The molecule has 1 fully saturated rings. The topological polar surface area (TPSA) is 77.7 Å². The van der Waals surface area contributed by atoms with Gasteiger partial charge in [-0.2, -0.15) is 9.97 Å². The van der Waals surface area contributed by atoms with Crippen LogP contribution in [0.1, 0.15) is 6.42 Å². The van der Waals surface area contributed by atoms with Gasteiger partial charge in [0.25, 0.3) is 0 Å². The Morgan fingerprint density at radius 1 is 1.41 bits per heavy atom. The van der Waals surface area contributed by atoms with E-state index in [-0.39, 0.29) is 17.5 Å². The smallest absolute Gasteiger partial charge is 0.325 e. The number of halogens is 2. The lowest BCUT2D eigenvalue weighted by Gasteiger charge is -2.16. The summed E-state index contributed by atoms with van der Waals surface area (Å²) >= 11 is 5.77. The molecule has 3 rings (SSSR count). The van der Waals surface area contributed by atoms with E-state index >= 15 is 0 Å². The summed E-state index contributed by atoms with van der Waals surface area (Å²) in [7, 11) is 0.